The molecule has 0 aromatic rings. The molecule has 0 saturated heterocycles. The van der Waals surface area contributed by atoms with Gasteiger partial charge in [-0.2, -0.15) is 0 Å². The van der Waals surface area contributed by atoms with Crippen LogP contribution in [-0.4, -0.2) is 26.6 Å². The molecule has 0 saturated carbocycles. The zero-order chi connectivity index (χ0) is 22.3. The third kappa shape index (κ3) is 4.11. The summed E-state index contributed by atoms with van der Waals surface area (Å²) in [7, 11) is -3.80. The van der Waals surface area contributed by atoms with Gasteiger partial charge in [-0.05, 0) is 36.8 Å². The third-order valence-corrected chi connectivity index (χ3v) is 21.8. The van der Waals surface area contributed by atoms with Gasteiger partial charge < -0.3 is 4.74 Å². The second-order valence-corrected chi connectivity index (χ2v) is 22.9. The summed E-state index contributed by atoms with van der Waals surface area (Å²) in [6.07, 6.45) is 1.95. The highest BCUT2D eigenvalue weighted by molar-refractivity contribution is 6.85. The number of hydrogen-bond donors (Lipinski definition) is 0. The van der Waals surface area contributed by atoms with Crippen LogP contribution in [0, 0.1) is 0 Å². The van der Waals surface area contributed by atoms with E-state index in [1.807, 2.05) is 0 Å². The Kier molecular flexibility index (Phi) is 7.91. The van der Waals surface area contributed by atoms with Gasteiger partial charge in [0.05, 0.1) is 26.6 Å². The summed E-state index contributed by atoms with van der Waals surface area (Å²) < 4.78 is 7.55. The molecule has 0 fully saturated rings. The van der Waals surface area contributed by atoms with E-state index in [0.717, 1.165) is 12.8 Å². The summed E-state index contributed by atoms with van der Waals surface area (Å²) >= 11 is 0. The molecule has 27 heavy (non-hydrogen) atoms. The molecule has 0 aliphatic heterocycles. The zero-order valence-corrected chi connectivity index (χ0v) is 23.2. The van der Waals surface area contributed by atoms with E-state index in [0.29, 0.717) is 0 Å². The van der Waals surface area contributed by atoms with Gasteiger partial charge in [0.1, 0.15) is 0 Å². The summed E-state index contributed by atoms with van der Waals surface area (Å²) in [5, 5.41) is -0.112. The summed E-state index contributed by atoms with van der Waals surface area (Å²) in [6.45, 7) is 42.2. The van der Waals surface area contributed by atoms with Crippen molar-refractivity contribution in [3.63, 3.8) is 0 Å². The monoisotopic (exact) mass is 410 g/mol. The lowest BCUT2D eigenvalue weighted by Gasteiger charge is -2.61. The second-order valence-electron chi connectivity index (χ2n) is 11.8. The molecule has 0 N–H and O–H groups in total. The molecule has 0 heterocycles. The van der Waals surface area contributed by atoms with Gasteiger partial charge in [0, 0.05) is 0 Å². The van der Waals surface area contributed by atoms with Crippen molar-refractivity contribution >= 4 is 16.1 Å². The van der Waals surface area contributed by atoms with Crippen LogP contribution in [0.2, 0.25) is 36.3 Å². The molecule has 0 radical (unpaired) electrons. The third-order valence-electron chi connectivity index (χ3n) is 8.49. The highest BCUT2D eigenvalue weighted by atomic mass is 28.3. The van der Waals surface area contributed by atoms with Crippen molar-refractivity contribution in [2.24, 2.45) is 0 Å². The van der Waals surface area contributed by atoms with Crippen LogP contribution < -0.4 is 0 Å². The van der Waals surface area contributed by atoms with Crippen LogP contribution in [-0.2, 0) is 4.74 Å². The summed E-state index contributed by atoms with van der Waals surface area (Å²) in [4.78, 5) is 0. The molecule has 0 aliphatic carbocycles. The van der Waals surface area contributed by atoms with E-state index in [1.54, 1.807) is 0 Å². The van der Waals surface area contributed by atoms with E-state index in [2.05, 4.69) is 109 Å². The fourth-order valence-electron chi connectivity index (χ4n) is 4.64. The average Bonchev–Trinajstić information content (AvgIpc) is 2.45. The number of rotatable bonds is 8. The van der Waals surface area contributed by atoms with Crippen LogP contribution in [0.25, 0.3) is 0 Å². The molecule has 2 atom stereocenters. The van der Waals surface area contributed by atoms with E-state index in [1.165, 1.54) is 11.1 Å². The maximum absolute atomic E-state index is 7.55. The maximum atomic E-state index is 7.55. The normalized spacial score (nSPS) is 18.6. The van der Waals surface area contributed by atoms with Crippen molar-refractivity contribution in [1.29, 1.82) is 0 Å². The molecular weight excluding hydrogens is 360 g/mol. The van der Waals surface area contributed by atoms with Crippen molar-refractivity contribution in [3.8, 4) is 0 Å². The molecule has 0 amide bonds. The van der Waals surface area contributed by atoms with Crippen molar-refractivity contribution < 1.29 is 4.74 Å². The molecule has 0 unspecified atom stereocenters. The molecule has 0 spiro atoms. The first-order valence-electron chi connectivity index (χ1n) is 10.7. The van der Waals surface area contributed by atoms with E-state index in [-0.39, 0.29) is 20.5 Å². The quantitative estimate of drug-likeness (QED) is 0.287. The average molecular weight is 411 g/mol. The highest BCUT2D eigenvalue weighted by Crippen LogP contribution is 2.55. The lowest BCUT2D eigenvalue weighted by Crippen LogP contribution is -2.70. The predicted molar refractivity (Wildman–Crippen MR) is 131 cm³/mol. The van der Waals surface area contributed by atoms with E-state index in [4.69, 9.17) is 4.74 Å². The van der Waals surface area contributed by atoms with Crippen LogP contribution in [0.1, 0.15) is 82.1 Å². The van der Waals surface area contributed by atoms with Crippen molar-refractivity contribution in [3.05, 3.63) is 24.3 Å². The molecule has 3 heteroatoms. The fraction of sp³-hybridized carbons (Fsp3) is 0.833. The first-order chi connectivity index (χ1) is 11.7. The van der Waals surface area contributed by atoms with Crippen LogP contribution in [0.3, 0.4) is 0 Å². The molecule has 0 aromatic carbocycles. The molecule has 160 valence electrons. The van der Waals surface area contributed by atoms with Crippen molar-refractivity contribution in [2.45, 2.75) is 129 Å². The van der Waals surface area contributed by atoms with Gasteiger partial charge in [0.15, 0.2) is 0 Å². The SMILES string of the molecule is C=C(C)[C@@](CC)(O[C@](CC)(C(=C)C)[Si](C)(C)C(C)(C)C)[Si](C)(C)C(C)(C)C. The van der Waals surface area contributed by atoms with Crippen molar-refractivity contribution in [2.75, 3.05) is 0 Å². The Hall–Kier alpha value is -0.126. The molecule has 0 bridgehead atoms. The largest absolute Gasteiger partial charge is 0.367 e. The fourth-order valence-corrected chi connectivity index (χ4v) is 11.9. The Morgan fingerprint density at radius 2 is 0.889 bits per heavy atom. The Labute approximate surface area is 174 Å². The minimum absolute atomic E-state index is 0.212. The van der Waals surface area contributed by atoms with Crippen LogP contribution in [0.5, 0.6) is 0 Å². The van der Waals surface area contributed by atoms with E-state index < -0.39 is 16.1 Å². The van der Waals surface area contributed by atoms with Crippen LogP contribution in [0.15, 0.2) is 24.3 Å². The standard InChI is InChI=1S/C24H50OSi2/c1-17-23(19(3)4,26(13,14)21(7,8)9)25-24(18-2,20(5)6)27(15,16)22(10,11)12/h3,5,17-18H2,1-2,4,6-16H3/t23-,24-/m0/s1. The van der Waals surface area contributed by atoms with Crippen LogP contribution in [0.4, 0.5) is 0 Å². The predicted octanol–water partition coefficient (Wildman–Crippen LogP) is 8.55. The van der Waals surface area contributed by atoms with Gasteiger partial charge >= 0.3 is 0 Å². The molecule has 0 aromatic heterocycles. The van der Waals surface area contributed by atoms with Gasteiger partial charge in [-0.3, -0.25) is 0 Å². The topological polar surface area (TPSA) is 9.23 Å². The Bertz CT molecular complexity index is 510. The summed E-state index contributed by atoms with van der Waals surface area (Å²) in [5.41, 5.74) is 2.38. The van der Waals surface area contributed by atoms with E-state index >= 15 is 0 Å². The van der Waals surface area contributed by atoms with Gasteiger partial charge in [0.2, 0.25) is 0 Å². The molecule has 0 rings (SSSR count). The van der Waals surface area contributed by atoms with Crippen LogP contribution >= 0.6 is 0 Å². The summed E-state index contributed by atoms with van der Waals surface area (Å²) in [5.74, 6) is 0. The maximum Gasteiger partial charge on any atom is 0.0960 e. The van der Waals surface area contributed by atoms with Gasteiger partial charge in [-0.1, -0.05) is 106 Å². The highest BCUT2D eigenvalue weighted by Gasteiger charge is 2.61. The molecule has 0 aliphatic rings. The first kappa shape index (κ1) is 26.9. The zero-order valence-electron chi connectivity index (χ0n) is 21.2. The first-order valence-corrected chi connectivity index (χ1v) is 16.7. The second kappa shape index (κ2) is 7.95. The minimum atomic E-state index is -1.90. The smallest absolute Gasteiger partial charge is 0.0960 e. The van der Waals surface area contributed by atoms with Gasteiger partial charge in [-0.15, -0.1) is 0 Å². The lowest BCUT2D eigenvalue weighted by molar-refractivity contribution is -0.0486. The number of ether oxygens (including phenoxy) is 1. The summed E-state index contributed by atoms with van der Waals surface area (Å²) in [6, 6.07) is 0. The Morgan fingerprint density at radius 1 is 0.667 bits per heavy atom. The Balaban J connectivity index is 6.99. The molecule has 1 nitrogen and oxygen atoms in total. The van der Waals surface area contributed by atoms with E-state index in [9.17, 15) is 0 Å². The number of hydrogen-bond acceptors (Lipinski definition) is 1. The minimum Gasteiger partial charge on any atom is -0.367 e. The van der Waals surface area contributed by atoms with Gasteiger partial charge in [0.25, 0.3) is 0 Å². The molecular formula is C24H50OSi2. The van der Waals surface area contributed by atoms with Gasteiger partial charge in [-0.25, -0.2) is 0 Å². The van der Waals surface area contributed by atoms with Crippen molar-refractivity contribution in [1.82, 2.24) is 0 Å². The Morgan fingerprint density at radius 3 is 1.00 bits per heavy atom. The lowest BCUT2D eigenvalue weighted by atomic mass is 10.1.